The van der Waals surface area contributed by atoms with Gasteiger partial charge in [-0.15, -0.1) is 13.2 Å². The van der Waals surface area contributed by atoms with E-state index in [2.05, 4.69) is 49.0 Å². The zero-order valence-corrected chi connectivity index (χ0v) is 15.7. The smallest absolute Gasteiger partial charge is 0.239 e. The summed E-state index contributed by atoms with van der Waals surface area (Å²) in [5.74, 6) is 1.82. The van der Waals surface area contributed by atoms with Crippen LogP contribution in [-0.2, 0) is 4.79 Å². The number of carbonyl (C=O) groups excluding carboxylic acids is 1. The van der Waals surface area contributed by atoms with Crippen molar-refractivity contribution < 1.29 is 4.79 Å². The third kappa shape index (κ3) is 4.94. The van der Waals surface area contributed by atoms with Crippen LogP contribution in [0.5, 0.6) is 0 Å². The lowest BCUT2D eigenvalue weighted by Crippen LogP contribution is -2.53. The van der Waals surface area contributed by atoms with Crippen molar-refractivity contribution in [3.63, 3.8) is 0 Å². The van der Waals surface area contributed by atoms with E-state index in [-0.39, 0.29) is 11.9 Å². The van der Waals surface area contributed by atoms with Crippen LogP contribution in [0.4, 0.5) is 17.8 Å². The highest BCUT2D eigenvalue weighted by Crippen LogP contribution is 2.17. The summed E-state index contributed by atoms with van der Waals surface area (Å²) in [6.45, 7) is 12.2. The first-order valence-electron chi connectivity index (χ1n) is 9.44. The van der Waals surface area contributed by atoms with E-state index in [4.69, 9.17) is 0 Å². The number of aromatic nitrogens is 3. The fraction of sp³-hybridized carbons (Fsp3) is 0.556. The summed E-state index contributed by atoms with van der Waals surface area (Å²) in [5.41, 5.74) is 0. The van der Waals surface area contributed by atoms with E-state index in [0.717, 1.165) is 19.4 Å². The molecule has 1 aromatic heterocycles. The Morgan fingerprint density at radius 1 is 1.07 bits per heavy atom. The summed E-state index contributed by atoms with van der Waals surface area (Å²) in [5, 5.41) is 9.50. The van der Waals surface area contributed by atoms with Crippen LogP contribution in [0.1, 0.15) is 12.8 Å². The Hall–Kier alpha value is -2.68. The number of rotatable bonds is 8. The van der Waals surface area contributed by atoms with E-state index in [1.54, 1.807) is 12.2 Å². The molecule has 0 aliphatic carbocycles. The van der Waals surface area contributed by atoms with E-state index in [9.17, 15) is 4.79 Å². The normalized spacial score (nSPS) is 19.6. The first-order chi connectivity index (χ1) is 13.2. The Morgan fingerprint density at radius 2 is 1.70 bits per heavy atom. The van der Waals surface area contributed by atoms with E-state index in [1.807, 2.05) is 4.90 Å². The molecule has 27 heavy (non-hydrogen) atoms. The Morgan fingerprint density at radius 3 is 2.22 bits per heavy atom. The van der Waals surface area contributed by atoms with E-state index >= 15 is 0 Å². The topological polar surface area (TPSA) is 98.3 Å². The van der Waals surface area contributed by atoms with E-state index in [0.29, 0.717) is 57.1 Å². The van der Waals surface area contributed by atoms with Crippen molar-refractivity contribution in [2.24, 2.45) is 0 Å². The van der Waals surface area contributed by atoms with Gasteiger partial charge < -0.3 is 25.8 Å². The maximum Gasteiger partial charge on any atom is 0.239 e. The van der Waals surface area contributed by atoms with Gasteiger partial charge in [-0.25, -0.2) is 0 Å². The monoisotopic (exact) mass is 372 g/mol. The fourth-order valence-electron chi connectivity index (χ4n) is 3.23. The van der Waals surface area contributed by atoms with Crippen molar-refractivity contribution in [1.29, 1.82) is 0 Å². The SMILES string of the molecule is C=CCNc1nc(NCC=C)nc(N2CCN(C(=O)C3CCCN3)CC2)n1. The third-order valence-electron chi connectivity index (χ3n) is 4.67. The average molecular weight is 372 g/mol. The molecule has 9 heteroatoms. The van der Waals surface area contributed by atoms with Crippen LogP contribution in [0.3, 0.4) is 0 Å². The first-order valence-corrected chi connectivity index (χ1v) is 9.44. The van der Waals surface area contributed by atoms with E-state index in [1.165, 1.54) is 0 Å². The van der Waals surface area contributed by atoms with Crippen molar-refractivity contribution in [3.05, 3.63) is 25.3 Å². The molecule has 0 spiro atoms. The molecule has 1 unspecified atom stereocenters. The molecule has 9 nitrogen and oxygen atoms in total. The van der Waals surface area contributed by atoms with Crippen LogP contribution in [0.2, 0.25) is 0 Å². The number of nitrogens with zero attached hydrogens (tertiary/aromatic N) is 5. The van der Waals surface area contributed by atoms with Crippen LogP contribution >= 0.6 is 0 Å². The number of carbonyl (C=O) groups is 1. The van der Waals surface area contributed by atoms with Crippen LogP contribution in [0.25, 0.3) is 0 Å². The van der Waals surface area contributed by atoms with Gasteiger partial charge in [0, 0.05) is 39.3 Å². The summed E-state index contributed by atoms with van der Waals surface area (Å²) in [6, 6.07) is -0.0156. The third-order valence-corrected chi connectivity index (χ3v) is 4.67. The zero-order chi connectivity index (χ0) is 19.1. The Labute approximate surface area is 160 Å². The quantitative estimate of drug-likeness (QED) is 0.567. The molecule has 2 aliphatic rings. The van der Waals surface area contributed by atoms with Gasteiger partial charge in [0.05, 0.1) is 6.04 Å². The molecule has 2 fully saturated rings. The molecular weight excluding hydrogens is 344 g/mol. The highest BCUT2D eigenvalue weighted by atomic mass is 16.2. The molecule has 2 saturated heterocycles. The summed E-state index contributed by atoms with van der Waals surface area (Å²) in [6.07, 6.45) is 5.51. The predicted molar refractivity (Wildman–Crippen MR) is 107 cm³/mol. The zero-order valence-electron chi connectivity index (χ0n) is 15.7. The largest absolute Gasteiger partial charge is 0.351 e. The second kappa shape index (κ2) is 9.31. The highest BCUT2D eigenvalue weighted by Gasteiger charge is 2.30. The van der Waals surface area contributed by atoms with Crippen LogP contribution < -0.4 is 20.9 Å². The number of hydrogen-bond acceptors (Lipinski definition) is 8. The van der Waals surface area contributed by atoms with Gasteiger partial charge in [-0.2, -0.15) is 15.0 Å². The van der Waals surface area contributed by atoms with Gasteiger partial charge in [0.15, 0.2) is 0 Å². The molecule has 3 rings (SSSR count). The van der Waals surface area contributed by atoms with E-state index < -0.39 is 0 Å². The summed E-state index contributed by atoms with van der Waals surface area (Å²) in [4.78, 5) is 30.0. The molecule has 0 saturated carbocycles. The van der Waals surface area contributed by atoms with Crippen molar-refractivity contribution in [3.8, 4) is 0 Å². The van der Waals surface area contributed by atoms with Crippen LogP contribution in [0, 0.1) is 0 Å². The molecular formula is C18H28N8O. The predicted octanol–water partition coefficient (Wildman–Crippen LogP) is 0.468. The maximum absolute atomic E-state index is 12.6. The van der Waals surface area contributed by atoms with Gasteiger partial charge in [0.1, 0.15) is 0 Å². The molecule has 1 amide bonds. The number of anilines is 3. The standard InChI is InChI=1S/C18H28N8O/c1-3-7-20-16-22-17(21-8-4-2)24-18(23-16)26-12-10-25(11-13-26)15(27)14-6-5-9-19-14/h3-4,14,19H,1-2,5-13H2,(H2,20,21,22,23,24). The first kappa shape index (κ1) is 19.1. The average Bonchev–Trinajstić information content (AvgIpc) is 3.25. The van der Waals surface area contributed by atoms with Crippen LogP contribution in [-0.4, -0.2) is 77.6 Å². The fourth-order valence-corrected chi connectivity index (χ4v) is 3.23. The molecule has 0 bridgehead atoms. The van der Waals surface area contributed by atoms with Gasteiger partial charge in [-0.1, -0.05) is 12.2 Å². The number of piperazine rings is 1. The Kier molecular flexibility index (Phi) is 6.59. The number of hydrogen-bond donors (Lipinski definition) is 3. The van der Waals surface area contributed by atoms with Gasteiger partial charge >= 0.3 is 0 Å². The maximum atomic E-state index is 12.6. The van der Waals surface area contributed by atoms with Gasteiger partial charge in [0.2, 0.25) is 23.8 Å². The van der Waals surface area contributed by atoms with Crippen molar-refractivity contribution in [2.75, 3.05) is 61.3 Å². The second-order valence-electron chi connectivity index (χ2n) is 6.58. The number of nitrogens with one attached hydrogen (secondary N) is 3. The van der Waals surface area contributed by atoms with Crippen molar-refractivity contribution in [1.82, 2.24) is 25.2 Å². The summed E-state index contributed by atoms with van der Waals surface area (Å²) >= 11 is 0. The minimum absolute atomic E-state index is 0.0156. The minimum Gasteiger partial charge on any atom is -0.351 e. The minimum atomic E-state index is -0.0156. The molecule has 0 aromatic carbocycles. The molecule has 3 N–H and O–H groups in total. The lowest BCUT2D eigenvalue weighted by molar-refractivity contribution is -0.133. The molecule has 2 aliphatic heterocycles. The summed E-state index contributed by atoms with van der Waals surface area (Å²) in [7, 11) is 0. The molecule has 1 atom stereocenters. The second-order valence-corrected chi connectivity index (χ2v) is 6.58. The molecule has 3 heterocycles. The molecule has 146 valence electrons. The van der Waals surface area contributed by atoms with Crippen molar-refractivity contribution >= 4 is 23.8 Å². The van der Waals surface area contributed by atoms with Gasteiger partial charge in [-0.05, 0) is 19.4 Å². The molecule has 0 radical (unpaired) electrons. The molecule has 1 aromatic rings. The number of amides is 1. The van der Waals surface area contributed by atoms with Gasteiger partial charge in [0.25, 0.3) is 0 Å². The van der Waals surface area contributed by atoms with Crippen molar-refractivity contribution in [2.45, 2.75) is 18.9 Å². The Balaban J connectivity index is 1.65. The summed E-state index contributed by atoms with van der Waals surface area (Å²) < 4.78 is 0. The lowest BCUT2D eigenvalue weighted by Gasteiger charge is -2.36. The Bertz CT molecular complexity index is 635. The van der Waals surface area contributed by atoms with Gasteiger partial charge in [-0.3, -0.25) is 4.79 Å². The van der Waals surface area contributed by atoms with Crippen LogP contribution in [0.15, 0.2) is 25.3 Å². The highest BCUT2D eigenvalue weighted by molar-refractivity contribution is 5.82. The lowest BCUT2D eigenvalue weighted by atomic mass is 10.2.